The second kappa shape index (κ2) is 12.2. The molecular formula is C27H33IN4O2. The number of aliphatic imine (C=N–C) groups is 1. The maximum absolute atomic E-state index is 11.9. The predicted molar refractivity (Wildman–Crippen MR) is 148 cm³/mol. The van der Waals surface area contributed by atoms with Crippen molar-refractivity contribution in [3.05, 3.63) is 105 Å². The fraction of sp³-hybridized carbons (Fsp3) is 0.333. The normalized spacial score (nSPS) is 16.1. The van der Waals surface area contributed by atoms with Gasteiger partial charge in [-0.3, -0.25) is 9.79 Å². The lowest BCUT2D eigenvalue weighted by Crippen LogP contribution is -2.48. The molecule has 1 aromatic heterocycles. The molecule has 0 saturated carbocycles. The van der Waals surface area contributed by atoms with Crippen molar-refractivity contribution in [2.45, 2.75) is 33.0 Å². The Bertz CT molecular complexity index is 1170. The lowest BCUT2D eigenvalue weighted by atomic mass is 10.00. The number of nitrogens with one attached hydrogen (secondary N) is 1. The fourth-order valence-corrected chi connectivity index (χ4v) is 4.28. The molecule has 0 amide bonds. The Morgan fingerprint density at radius 2 is 1.85 bits per heavy atom. The summed E-state index contributed by atoms with van der Waals surface area (Å²) in [5.74, 6) is 0.882. The van der Waals surface area contributed by atoms with Crippen molar-refractivity contribution in [1.29, 1.82) is 0 Å². The van der Waals surface area contributed by atoms with Crippen LogP contribution in [0.5, 0.6) is 0 Å². The van der Waals surface area contributed by atoms with E-state index in [0.29, 0.717) is 19.7 Å². The minimum absolute atomic E-state index is 0. The van der Waals surface area contributed by atoms with Gasteiger partial charge in [0.2, 0.25) is 0 Å². The molecule has 1 atom stereocenters. The van der Waals surface area contributed by atoms with Crippen molar-refractivity contribution < 1.29 is 4.74 Å². The topological polar surface area (TPSA) is 58.9 Å². The molecule has 2 aromatic carbocycles. The maximum atomic E-state index is 11.9. The summed E-state index contributed by atoms with van der Waals surface area (Å²) in [5, 5.41) is 3.49. The molecule has 1 aliphatic rings. The smallest absolute Gasteiger partial charge is 0.250 e. The molecule has 1 saturated heterocycles. The molecule has 0 radical (unpaired) electrons. The lowest BCUT2D eigenvalue weighted by molar-refractivity contribution is -0.00834. The number of benzene rings is 2. The van der Waals surface area contributed by atoms with Crippen LogP contribution in [0.1, 0.15) is 33.9 Å². The van der Waals surface area contributed by atoms with Crippen molar-refractivity contribution >= 4 is 29.9 Å². The Morgan fingerprint density at radius 3 is 2.56 bits per heavy atom. The summed E-state index contributed by atoms with van der Waals surface area (Å²) >= 11 is 0. The molecule has 7 heteroatoms. The third-order valence-corrected chi connectivity index (χ3v) is 6.08. The van der Waals surface area contributed by atoms with Crippen molar-refractivity contribution in [2.24, 2.45) is 4.99 Å². The summed E-state index contributed by atoms with van der Waals surface area (Å²) in [7, 11) is 1.82. The molecule has 1 fully saturated rings. The van der Waals surface area contributed by atoms with Gasteiger partial charge in [0.05, 0.1) is 19.7 Å². The first-order chi connectivity index (χ1) is 16.0. The van der Waals surface area contributed by atoms with Crippen LogP contribution >= 0.6 is 24.0 Å². The standard InChI is InChI=1S/C27H32N4O2.HI/c1-20-7-12-24(21(2)16-20)25-19-31(14-15-33-25)27(28-3)29-17-22-8-10-23(11-9-22)18-30-13-5-4-6-26(30)32;/h4-13,16,25H,14-15,17-19H2,1-3H3,(H,28,29);1H. The molecule has 1 N–H and O–H groups in total. The van der Waals surface area contributed by atoms with Crippen LogP contribution in [-0.4, -0.2) is 42.2 Å². The number of aromatic nitrogens is 1. The van der Waals surface area contributed by atoms with Crippen LogP contribution in [0.3, 0.4) is 0 Å². The summed E-state index contributed by atoms with van der Waals surface area (Å²) in [5.41, 5.74) is 6.05. The summed E-state index contributed by atoms with van der Waals surface area (Å²) in [4.78, 5) is 18.7. The largest absolute Gasteiger partial charge is 0.370 e. The van der Waals surface area contributed by atoms with E-state index in [1.165, 1.54) is 22.3 Å². The van der Waals surface area contributed by atoms with Crippen LogP contribution < -0.4 is 10.9 Å². The Morgan fingerprint density at radius 1 is 1.09 bits per heavy atom. The molecule has 0 spiro atoms. The highest BCUT2D eigenvalue weighted by Gasteiger charge is 2.25. The number of halogens is 1. The van der Waals surface area contributed by atoms with Crippen LogP contribution in [0.25, 0.3) is 0 Å². The van der Waals surface area contributed by atoms with Crippen LogP contribution in [0, 0.1) is 13.8 Å². The van der Waals surface area contributed by atoms with Crippen molar-refractivity contribution in [3.63, 3.8) is 0 Å². The average molecular weight is 572 g/mol. The van der Waals surface area contributed by atoms with Crippen LogP contribution in [0.4, 0.5) is 0 Å². The molecular weight excluding hydrogens is 539 g/mol. The van der Waals surface area contributed by atoms with Crippen molar-refractivity contribution in [2.75, 3.05) is 26.7 Å². The lowest BCUT2D eigenvalue weighted by Gasteiger charge is -2.36. The highest BCUT2D eigenvalue weighted by molar-refractivity contribution is 14.0. The van der Waals surface area contributed by atoms with Gasteiger partial charge in [0.1, 0.15) is 6.10 Å². The molecule has 0 bridgehead atoms. The Kier molecular flexibility index (Phi) is 9.29. The average Bonchev–Trinajstić information content (AvgIpc) is 2.82. The number of pyridine rings is 1. The molecule has 0 aliphatic carbocycles. The molecule has 1 aliphatic heterocycles. The number of morpholine rings is 1. The highest BCUT2D eigenvalue weighted by Crippen LogP contribution is 2.26. The highest BCUT2D eigenvalue weighted by atomic mass is 127. The van der Waals surface area contributed by atoms with E-state index >= 15 is 0 Å². The second-order valence-electron chi connectivity index (χ2n) is 8.55. The van der Waals surface area contributed by atoms with E-state index in [4.69, 9.17) is 4.74 Å². The zero-order valence-electron chi connectivity index (χ0n) is 20.0. The Hall–Kier alpha value is -2.65. The predicted octanol–water partition coefficient (Wildman–Crippen LogP) is 4.28. The van der Waals surface area contributed by atoms with Crippen LogP contribution in [0.15, 0.2) is 76.6 Å². The van der Waals surface area contributed by atoms with E-state index in [1.54, 1.807) is 16.7 Å². The first-order valence-electron chi connectivity index (χ1n) is 11.4. The number of rotatable bonds is 5. The van der Waals surface area contributed by atoms with E-state index in [2.05, 4.69) is 71.5 Å². The molecule has 4 rings (SSSR count). The number of aryl methyl sites for hydroxylation is 2. The van der Waals surface area contributed by atoms with Crippen molar-refractivity contribution in [1.82, 2.24) is 14.8 Å². The zero-order chi connectivity index (χ0) is 23.2. The van der Waals surface area contributed by atoms with Gasteiger partial charge in [0.25, 0.3) is 5.56 Å². The minimum atomic E-state index is 0. The van der Waals surface area contributed by atoms with E-state index < -0.39 is 0 Å². The maximum Gasteiger partial charge on any atom is 0.250 e. The van der Waals surface area contributed by atoms with Gasteiger partial charge < -0.3 is 19.5 Å². The zero-order valence-corrected chi connectivity index (χ0v) is 22.4. The quantitative estimate of drug-likeness (QED) is 0.282. The SMILES string of the molecule is CN=C(NCc1ccc(Cn2ccccc2=O)cc1)N1CCOC(c2ccc(C)cc2C)C1.I. The van der Waals surface area contributed by atoms with Gasteiger partial charge in [-0.15, -0.1) is 24.0 Å². The van der Waals surface area contributed by atoms with Gasteiger partial charge in [-0.25, -0.2) is 0 Å². The molecule has 6 nitrogen and oxygen atoms in total. The number of nitrogens with zero attached hydrogens (tertiary/aromatic N) is 3. The molecule has 3 aromatic rings. The third-order valence-electron chi connectivity index (χ3n) is 6.08. The summed E-state index contributed by atoms with van der Waals surface area (Å²) in [6.45, 7) is 7.78. The fourth-order valence-electron chi connectivity index (χ4n) is 4.28. The van der Waals surface area contributed by atoms with Crippen LogP contribution in [0.2, 0.25) is 0 Å². The van der Waals surface area contributed by atoms with Gasteiger partial charge in [-0.1, -0.05) is 54.1 Å². The van der Waals surface area contributed by atoms with E-state index in [-0.39, 0.29) is 35.6 Å². The monoisotopic (exact) mass is 572 g/mol. The van der Waals surface area contributed by atoms with Gasteiger partial charge in [-0.05, 0) is 42.2 Å². The number of hydrogen-bond acceptors (Lipinski definition) is 3. The van der Waals surface area contributed by atoms with E-state index in [1.807, 2.05) is 19.3 Å². The number of ether oxygens (including phenoxy) is 1. The Balaban J connectivity index is 0.00000324. The molecule has 2 heterocycles. The molecule has 1 unspecified atom stereocenters. The van der Waals surface area contributed by atoms with E-state index in [0.717, 1.165) is 24.6 Å². The minimum Gasteiger partial charge on any atom is -0.370 e. The summed E-state index contributed by atoms with van der Waals surface area (Å²) in [6, 6.07) is 20.1. The van der Waals surface area contributed by atoms with Gasteiger partial charge in [-0.2, -0.15) is 0 Å². The number of guanidine groups is 1. The molecule has 34 heavy (non-hydrogen) atoms. The summed E-state index contributed by atoms with van der Waals surface area (Å²) < 4.78 is 7.80. The van der Waals surface area contributed by atoms with Crippen molar-refractivity contribution in [3.8, 4) is 0 Å². The van der Waals surface area contributed by atoms with Gasteiger partial charge in [0.15, 0.2) is 5.96 Å². The van der Waals surface area contributed by atoms with Crippen LogP contribution in [-0.2, 0) is 17.8 Å². The first kappa shape index (κ1) is 26.0. The third kappa shape index (κ3) is 6.48. The molecule has 180 valence electrons. The summed E-state index contributed by atoms with van der Waals surface area (Å²) in [6.07, 6.45) is 1.86. The number of hydrogen-bond donors (Lipinski definition) is 1. The van der Waals surface area contributed by atoms with Gasteiger partial charge >= 0.3 is 0 Å². The van der Waals surface area contributed by atoms with Gasteiger partial charge in [0, 0.05) is 32.4 Å². The Labute approximate surface area is 218 Å². The van der Waals surface area contributed by atoms with E-state index in [9.17, 15) is 4.79 Å². The second-order valence-corrected chi connectivity index (χ2v) is 8.55. The first-order valence-corrected chi connectivity index (χ1v) is 11.4.